The third-order valence-electron chi connectivity index (χ3n) is 3.29. The molecule has 0 radical (unpaired) electrons. The SMILES string of the molecule is CN(CC(=O)NC1CC1)c1cccc(S(C)(=O)=O)c1[N+](=O)[O-]. The molecule has 1 N–H and O–H groups in total. The molecule has 1 aromatic rings. The third-order valence-corrected chi connectivity index (χ3v) is 4.42. The van der Waals surface area contributed by atoms with Crippen molar-refractivity contribution < 1.29 is 18.1 Å². The number of sulfone groups is 1. The molecule has 2 rings (SSSR count). The van der Waals surface area contributed by atoms with Crippen LogP contribution in [0.5, 0.6) is 0 Å². The number of para-hydroxylation sites is 1. The number of hydrogen-bond acceptors (Lipinski definition) is 6. The summed E-state index contributed by atoms with van der Waals surface area (Å²) in [7, 11) is -2.23. The highest BCUT2D eigenvalue weighted by atomic mass is 32.2. The fourth-order valence-electron chi connectivity index (χ4n) is 2.10. The predicted molar refractivity (Wildman–Crippen MR) is 80.6 cm³/mol. The van der Waals surface area contributed by atoms with Crippen molar-refractivity contribution in [1.82, 2.24) is 5.32 Å². The number of carbonyl (C=O) groups is 1. The average Bonchev–Trinajstić information content (AvgIpc) is 3.20. The first-order chi connectivity index (χ1) is 10.2. The molecule has 8 nitrogen and oxygen atoms in total. The molecule has 0 saturated heterocycles. The van der Waals surface area contributed by atoms with Gasteiger partial charge in [-0.2, -0.15) is 0 Å². The zero-order valence-corrected chi connectivity index (χ0v) is 13.1. The van der Waals surface area contributed by atoms with Crippen molar-refractivity contribution in [3.05, 3.63) is 28.3 Å². The van der Waals surface area contributed by atoms with Gasteiger partial charge in [-0.25, -0.2) is 8.42 Å². The molecular weight excluding hydrogens is 310 g/mol. The molecule has 120 valence electrons. The van der Waals surface area contributed by atoms with Gasteiger partial charge in [0.15, 0.2) is 9.84 Å². The van der Waals surface area contributed by atoms with Crippen LogP contribution >= 0.6 is 0 Å². The predicted octanol–water partition coefficient (Wildman–Crippen LogP) is 0.713. The molecule has 1 fully saturated rings. The summed E-state index contributed by atoms with van der Waals surface area (Å²) in [6.07, 6.45) is 2.80. The van der Waals surface area contributed by atoms with Crippen LogP contribution in [0, 0.1) is 10.1 Å². The molecule has 0 atom stereocenters. The van der Waals surface area contributed by atoms with E-state index in [2.05, 4.69) is 5.32 Å². The lowest BCUT2D eigenvalue weighted by Gasteiger charge is -2.19. The normalized spacial score (nSPS) is 14.5. The van der Waals surface area contributed by atoms with Gasteiger partial charge in [0.05, 0.1) is 11.5 Å². The summed E-state index contributed by atoms with van der Waals surface area (Å²) in [5.41, 5.74) is -0.411. The number of carbonyl (C=O) groups excluding carboxylic acids is 1. The van der Waals surface area contributed by atoms with E-state index in [1.807, 2.05) is 0 Å². The topological polar surface area (TPSA) is 110 Å². The van der Waals surface area contributed by atoms with Gasteiger partial charge in [0, 0.05) is 19.3 Å². The third kappa shape index (κ3) is 3.73. The molecule has 0 bridgehead atoms. The molecule has 1 aliphatic rings. The maximum atomic E-state index is 11.8. The largest absolute Gasteiger partial charge is 0.360 e. The summed E-state index contributed by atoms with van der Waals surface area (Å²) in [6.45, 7) is -0.0788. The average molecular weight is 327 g/mol. The van der Waals surface area contributed by atoms with Gasteiger partial charge in [-0.1, -0.05) is 6.07 Å². The molecule has 0 heterocycles. The van der Waals surface area contributed by atoms with Crippen LogP contribution in [0.2, 0.25) is 0 Å². The van der Waals surface area contributed by atoms with Gasteiger partial charge in [0.2, 0.25) is 5.91 Å². The van der Waals surface area contributed by atoms with Gasteiger partial charge in [0.1, 0.15) is 10.6 Å². The molecule has 0 spiro atoms. The molecule has 1 aromatic carbocycles. The molecule has 0 aromatic heterocycles. The van der Waals surface area contributed by atoms with Gasteiger partial charge in [-0.3, -0.25) is 14.9 Å². The highest BCUT2D eigenvalue weighted by Gasteiger charge is 2.29. The Morgan fingerprint density at radius 3 is 2.59 bits per heavy atom. The Morgan fingerprint density at radius 1 is 1.45 bits per heavy atom. The van der Waals surface area contributed by atoms with Crippen molar-refractivity contribution in [3.63, 3.8) is 0 Å². The lowest BCUT2D eigenvalue weighted by molar-refractivity contribution is -0.387. The quantitative estimate of drug-likeness (QED) is 0.609. The van der Waals surface area contributed by atoms with Crippen molar-refractivity contribution in [3.8, 4) is 0 Å². The minimum absolute atomic E-state index is 0.0788. The number of amides is 1. The smallest absolute Gasteiger partial charge is 0.311 e. The summed E-state index contributed by atoms with van der Waals surface area (Å²) >= 11 is 0. The van der Waals surface area contributed by atoms with E-state index in [4.69, 9.17) is 0 Å². The van der Waals surface area contributed by atoms with Crippen molar-refractivity contribution in [2.75, 3.05) is 24.7 Å². The maximum Gasteiger partial charge on any atom is 0.311 e. The first-order valence-corrected chi connectivity index (χ1v) is 8.57. The molecule has 1 aliphatic carbocycles. The van der Waals surface area contributed by atoms with Gasteiger partial charge in [-0.05, 0) is 25.0 Å². The van der Waals surface area contributed by atoms with Crippen LogP contribution in [0.1, 0.15) is 12.8 Å². The van der Waals surface area contributed by atoms with E-state index < -0.39 is 20.4 Å². The second kappa shape index (κ2) is 5.91. The number of nitrogens with zero attached hydrogens (tertiary/aromatic N) is 2. The number of nitro groups is 1. The van der Waals surface area contributed by atoms with E-state index in [1.54, 1.807) is 0 Å². The Labute approximate surface area is 128 Å². The van der Waals surface area contributed by atoms with Crippen LogP contribution in [0.15, 0.2) is 23.1 Å². The maximum absolute atomic E-state index is 11.8. The Morgan fingerprint density at radius 2 is 2.09 bits per heavy atom. The Kier molecular flexibility index (Phi) is 4.36. The van der Waals surface area contributed by atoms with Gasteiger partial charge >= 0.3 is 5.69 Å². The summed E-state index contributed by atoms with van der Waals surface area (Å²) in [6, 6.07) is 4.23. The van der Waals surface area contributed by atoms with Crippen molar-refractivity contribution in [2.45, 2.75) is 23.8 Å². The minimum Gasteiger partial charge on any atom is -0.360 e. The van der Waals surface area contributed by atoms with E-state index >= 15 is 0 Å². The molecule has 1 saturated carbocycles. The summed E-state index contributed by atoms with van der Waals surface area (Å²) in [4.78, 5) is 23.4. The standard InChI is InChI=1S/C13H17N3O5S/c1-15(8-12(17)14-9-6-7-9)10-4-3-5-11(22(2,20)21)13(10)16(18)19/h3-5,9H,6-8H2,1-2H3,(H,14,17). The highest BCUT2D eigenvalue weighted by Crippen LogP contribution is 2.34. The molecule has 0 aliphatic heterocycles. The van der Waals surface area contributed by atoms with E-state index in [-0.39, 0.29) is 29.1 Å². The van der Waals surface area contributed by atoms with Crippen LogP contribution in [-0.4, -0.2) is 45.1 Å². The first-order valence-electron chi connectivity index (χ1n) is 6.68. The van der Waals surface area contributed by atoms with E-state index in [0.717, 1.165) is 19.1 Å². The van der Waals surface area contributed by atoms with E-state index in [9.17, 15) is 23.3 Å². The number of nitrogens with one attached hydrogen (secondary N) is 1. The summed E-state index contributed by atoms with van der Waals surface area (Å²) in [5, 5.41) is 14.1. The summed E-state index contributed by atoms with van der Waals surface area (Å²) < 4.78 is 23.4. The van der Waals surface area contributed by atoms with Gasteiger partial charge in [-0.15, -0.1) is 0 Å². The number of rotatable bonds is 6. The Balaban J connectivity index is 2.32. The second-order valence-corrected chi connectivity index (χ2v) is 7.34. The molecular formula is C13H17N3O5S. The van der Waals surface area contributed by atoms with Crippen LogP contribution in [0.4, 0.5) is 11.4 Å². The van der Waals surface area contributed by atoms with Crippen LogP contribution < -0.4 is 10.2 Å². The molecule has 22 heavy (non-hydrogen) atoms. The Bertz CT molecular complexity index is 712. The fraction of sp³-hybridized carbons (Fsp3) is 0.462. The molecule has 0 unspecified atom stereocenters. The summed E-state index contributed by atoms with van der Waals surface area (Å²) in [5.74, 6) is -0.246. The highest BCUT2D eigenvalue weighted by molar-refractivity contribution is 7.90. The monoisotopic (exact) mass is 327 g/mol. The lowest BCUT2D eigenvalue weighted by atomic mass is 10.2. The van der Waals surface area contributed by atoms with Crippen molar-refractivity contribution >= 4 is 27.1 Å². The van der Waals surface area contributed by atoms with Gasteiger partial charge in [0.25, 0.3) is 0 Å². The number of likely N-dealkylation sites (N-methyl/N-ethyl adjacent to an activating group) is 1. The zero-order valence-electron chi connectivity index (χ0n) is 12.3. The number of nitro benzene ring substituents is 1. The van der Waals surface area contributed by atoms with E-state index in [0.29, 0.717) is 0 Å². The van der Waals surface area contributed by atoms with Crippen LogP contribution in [0.25, 0.3) is 0 Å². The zero-order chi connectivity index (χ0) is 16.5. The molecule has 1 amide bonds. The van der Waals surface area contributed by atoms with Crippen molar-refractivity contribution in [2.24, 2.45) is 0 Å². The number of benzene rings is 1. The van der Waals surface area contributed by atoms with Crippen LogP contribution in [0.3, 0.4) is 0 Å². The number of hydrogen-bond donors (Lipinski definition) is 1. The minimum atomic E-state index is -3.74. The Hall–Kier alpha value is -2.16. The molecule has 9 heteroatoms. The second-order valence-electron chi connectivity index (χ2n) is 5.35. The first kappa shape index (κ1) is 16.2. The lowest BCUT2D eigenvalue weighted by Crippen LogP contribution is -2.36. The van der Waals surface area contributed by atoms with Crippen LogP contribution in [-0.2, 0) is 14.6 Å². The van der Waals surface area contributed by atoms with Gasteiger partial charge < -0.3 is 10.2 Å². The van der Waals surface area contributed by atoms with E-state index in [1.165, 1.54) is 30.1 Å². The van der Waals surface area contributed by atoms with Crippen molar-refractivity contribution in [1.29, 1.82) is 0 Å². The fourth-order valence-corrected chi connectivity index (χ4v) is 2.96. The number of anilines is 1.